The highest BCUT2D eigenvalue weighted by Gasteiger charge is 2.13. The minimum absolute atomic E-state index is 0.149. The van der Waals surface area contributed by atoms with Crippen LogP contribution in [0.5, 0.6) is 5.75 Å². The standard InChI is InChI=1S/C17H20N4O3/c1-11-4-5-15(12(2)6-11)24-9-14(22)8-20-13(3)7-16(23)21-17(20)18-10-19-21/h4-7,10,14,22H,8-9H2,1-3H3/t14-/m0/s1. The van der Waals surface area contributed by atoms with E-state index >= 15 is 0 Å². The molecule has 7 nitrogen and oxygen atoms in total. The zero-order valence-electron chi connectivity index (χ0n) is 13.9. The third kappa shape index (κ3) is 3.16. The quantitative estimate of drug-likeness (QED) is 0.762. The highest BCUT2D eigenvalue weighted by molar-refractivity contribution is 5.35. The average molecular weight is 328 g/mol. The van der Waals surface area contributed by atoms with Crippen LogP contribution in [0.3, 0.4) is 0 Å². The van der Waals surface area contributed by atoms with E-state index in [9.17, 15) is 9.90 Å². The van der Waals surface area contributed by atoms with Gasteiger partial charge in [0, 0.05) is 11.8 Å². The summed E-state index contributed by atoms with van der Waals surface area (Å²) < 4.78 is 8.68. The van der Waals surface area contributed by atoms with Gasteiger partial charge in [-0.05, 0) is 32.4 Å². The molecule has 0 bridgehead atoms. The first-order valence-corrected chi connectivity index (χ1v) is 7.74. The number of hydrogen-bond acceptors (Lipinski definition) is 5. The van der Waals surface area contributed by atoms with Crippen molar-refractivity contribution in [3.05, 3.63) is 57.8 Å². The van der Waals surface area contributed by atoms with Crippen molar-refractivity contribution in [1.82, 2.24) is 19.2 Å². The smallest absolute Gasteiger partial charge is 0.275 e. The molecule has 0 saturated heterocycles. The molecule has 3 aromatic rings. The molecule has 0 unspecified atom stereocenters. The fourth-order valence-corrected chi connectivity index (χ4v) is 2.69. The van der Waals surface area contributed by atoms with E-state index in [0.29, 0.717) is 11.5 Å². The highest BCUT2D eigenvalue weighted by Crippen LogP contribution is 2.19. The molecule has 1 aromatic carbocycles. The Morgan fingerprint density at radius 3 is 2.79 bits per heavy atom. The van der Waals surface area contributed by atoms with Crippen LogP contribution in [0, 0.1) is 20.8 Å². The Morgan fingerprint density at radius 1 is 1.25 bits per heavy atom. The van der Waals surface area contributed by atoms with Crippen molar-refractivity contribution in [2.45, 2.75) is 33.4 Å². The van der Waals surface area contributed by atoms with Gasteiger partial charge in [0.15, 0.2) is 0 Å². The number of aliphatic hydroxyl groups excluding tert-OH is 1. The summed E-state index contributed by atoms with van der Waals surface area (Å²) in [5.74, 6) is 1.16. The molecular weight excluding hydrogens is 308 g/mol. The molecule has 7 heteroatoms. The van der Waals surface area contributed by atoms with E-state index in [4.69, 9.17) is 4.74 Å². The van der Waals surface area contributed by atoms with Gasteiger partial charge < -0.3 is 14.4 Å². The van der Waals surface area contributed by atoms with Crippen molar-refractivity contribution >= 4 is 5.78 Å². The van der Waals surface area contributed by atoms with Crippen molar-refractivity contribution in [2.75, 3.05) is 6.61 Å². The largest absolute Gasteiger partial charge is 0.491 e. The van der Waals surface area contributed by atoms with Crippen LogP contribution in [0.2, 0.25) is 0 Å². The van der Waals surface area contributed by atoms with Gasteiger partial charge in [0.2, 0.25) is 5.78 Å². The minimum Gasteiger partial charge on any atom is -0.491 e. The molecule has 0 fully saturated rings. The summed E-state index contributed by atoms with van der Waals surface area (Å²) in [4.78, 5) is 15.9. The van der Waals surface area contributed by atoms with Gasteiger partial charge in [-0.1, -0.05) is 17.7 Å². The summed E-state index contributed by atoms with van der Waals surface area (Å²) >= 11 is 0. The number of aliphatic hydroxyl groups is 1. The lowest BCUT2D eigenvalue weighted by Gasteiger charge is -2.17. The van der Waals surface area contributed by atoms with Gasteiger partial charge in [0.1, 0.15) is 24.8 Å². The van der Waals surface area contributed by atoms with Crippen molar-refractivity contribution in [1.29, 1.82) is 0 Å². The Balaban J connectivity index is 1.74. The Bertz CT molecular complexity index is 929. The van der Waals surface area contributed by atoms with Crippen molar-refractivity contribution in [3.8, 4) is 5.75 Å². The van der Waals surface area contributed by atoms with Crippen molar-refractivity contribution in [3.63, 3.8) is 0 Å². The van der Waals surface area contributed by atoms with Crippen LogP contribution in [-0.4, -0.2) is 37.0 Å². The summed E-state index contributed by atoms with van der Waals surface area (Å²) in [7, 11) is 0. The Labute approximate surface area is 139 Å². The summed E-state index contributed by atoms with van der Waals surface area (Å²) in [6.45, 7) is 6.21. The van der Waals surface area contributed by atoms with E-state index in [1.165, 1.54) is 22.5 Å². The van der Waals surface area contributed by atoms with E-state index in [1.54, 1.807) is 11.5 Å². The number of aryl methyl sites for hydroxylation is 3. The van der Waals surface area contributed by atoms with Crippen LogP contribution in [0.4, 0.5) is 0 Å². The zero-order chi connectivity index (χ0) is 17.3. The predicted octanol–water partition coefficient (Wildman–Crippen LogP) is 1.26. The molecule has 0 saturated carbocycles. The van der Waals surface area contributed by atoms with E-state index in [-0.39, 0.29) is 18.7 Å². The maximum atomic E-state index is 11.8. The van der Waals surface area contributed by atoms with Gasteiger partial charge in [0.25, 0.3) is 5.56 Å². The molecular formula is C17H20N4O3. The lowest BCUT2D eigenvalue weighted by Crippen LogP contribution is -2.28. The first-order valence-electron chi connectivity index (χ1n) is 7.74. The van der Waals surface area contributed by atoms with E-state index < -0.39 is 6.10 Å². The molecule has 126 valence electrons. The molecule has 0 radical (unpaired) electrons. The highest BCUT2D eigenvalue weighted by atomic mass is 16.5. The number of benzene rings is 1. The monoisotopic (exact) mass is 328 g/mol. The van der Waals surface area contributed by atoms with Crippen molar-refractivity contribution in [2.24, 2.45) is 0 Å². The summed E-state index contributed by atoms with van der Waals surface area (Å²) in [6.07, 6.45) is 0.581. The topological polar surface area (TPSA) is 81.7 Å². The molecule has 24 heavy (non-hydrogen) atoms. The summed E-state index contributed by atoms with van der Waals surface area (Å²) in [5.41, 5.74) is 2.67. The molecule has 2 heterocycles. The van der Waals surface area contributed by atoms with Gasteiger partial charge in [-0.3, -0.25) is 4.79 Å². The average Bonchev–Trinajstić information content (AvgIpc) is 3.00. The zero-order valence-corrected chi connectivity index (χ0v) is 13.9. The maximum Gasteiger partial charge on any atom is 0.275 e. The van der Waals surface area contributed by atoms with Crippen LogP contribution < -0.4 is 10.3 Å². The van der Waals surface area contributed by atoms with E-state index in [0.717, 1.165) is 11.3 Å². The summed E-state index contributed by atoms with van der Waals surface area (Å²) in [6, 6.07) is 7.38. The van der Waals surface area contributed by atoms with Gasteiger partial charge in [0.05, 0.1) is 6.54 Å². The first kappa shape index (κ1) is 16.2. The maximum absolute atomic E-state index is 11.8. The van der Waals surface area contributed by atoms with Gasteiger partial charge >= 0.3 is 0 Å². The normalized spacial score (nSPS) is 12.5. The number of fused-ring (bicyclic) bond motifs is 1. The van der Waals surface area contributed by atoms with Gasteiger partial charge in [-0.15, -0.1) is 0 Å². The first-order chi connectivity index (χ1) is 11.5. The second kappa shape index (κ2) is 6.45. The van der Waals surface area contributed by atoms with Crippen molar-refractivity contribution < 1.29 is 9.84 Å². The number of ether oxygens (including phenoxy) is 1. The van der Waals surface area contributed by atoms with Crippen LogP contribution in [0.15, 0.2) is 35.4 Å². The van der Waals surface area contributed by atoms with Crippen LogP contribution in [-0.2, 0) is 6.54 Å². The van der Waals surface area contributed by atoms with Gasteiger partial charge in [-0.25, -0.2) is 0 Å². The second-order valence-corrected chi connectivity index (χ2v) is 5.94. The fraction of sp³-hybridized carbons (Fsp3) is 0.353. The fourth-order valence-electron chi connectivity index (χ4n) is 2.69. The number of aromatic nitrogens is 4. The lowest BCUT2D eigenvalue weighted by atomic mass is 10.1. The predicted molar refractivity (Wildman–Crippen MR) is 89.4 cm³/mol. The second-order valence-electron chi connectivity index (χ2n) is 5.94. The Morgan fingerprint density at radius 2 is 2.04 bits per heavy atom. The van der Waals surface area contributed by atoms with Crippen LogP contribution >= 0.6 is 0 Å². The Kier molecular flexibility index (Phi) is 4.35. The SMILES string of the molecule is Cc1ccc(OC[C@@H](O)Cn2c(C)cc(=O)n3ncnc23)c(C)c1. The number of hydrogen-bond donors (Lipinski definition) is 1. The molecule has 0 spiro atoms. The van der Waals surface area contributed by atoms with E-state index in [1.807, 2.05) is 32.0 Å². The number of nitrogens with zero attached hydrogens (tertiary/aromatic N) is 4. The Hall–Kier alpha value is -2.67. The third-order valence-electron chi connectivity index (χ3n) is 3.89. The van der Waals surface area contributed by atoms with Crippen LogP contribution in [0.1, 0.15) is 16.8 Å². The molecule has 2 aromatic heterocycles. The van der Waals surface area contributed by atoms with Gasteiger partial charge in [-0.2, -0.15) is 14.6 Å². The molecule has 0 aliphatic rings. The third-order valence-corrected chi connectivity index (χ3v) is 3.89. The van der Waals surface area contributed by atoms with E-state index in [2.05, 4.69) is 10.1 Å². The molecule has 3 rings (SSSR count). The molecule has 1 N–H and O–H groups in total. The number of rotatable bonds is 5. The molecule has 0 aliphatic carbocycles. The lowest BCUT2D eigenvalue weighted by molar-refractivity contribution is 0.0921. The molecule has 0 amide bonds. The summed E-state index contributed by atoms with van der Waals surface area (Å²) in [5, 5.41) is 14.2. The molecule has 1 atom stereocenters. The molecule has 0 aliphatic heterocycles. The van der Waals surface area contributed by atoms with Crippen LogP contribution in [0.25, 0.3) is 5.78 Å². The minimum atomic E-state index is -0.743.